The summed E-state index contributed by atoms with van der Waals surface area (Å²) < 4.78 is 0. The zero-order valence-electron chi connectivity index (χ0n) is 11.4. The van der Waals surface area contributed by atoms with Crippen LogP contribution in [0.5, 0.6) is 0 Å². The third kappa shape index (κ3) is 2.53. The minimum Gasteiger partial charge on any atom is -0.363 e. The van der Waals surface area contributed by atoms with E-state index >= 15 is 0 Å². The Balaban J connectivity index is 1.96. The molecule has 6 heteroatoms. The summed E-state index contributed by atoms with van der Waals surface area (Å²) in [6, 6.07) is 4.44. The molecule has 0 saturated heterocycles. The average molecular weight is 324 g/mol. The quantitative estimate of drug-likeness (QED) is 0.673. The van der Waals surface area contributed by atoms with Crippen LogP contribution in [0.3, 0.4) is 0 Å². The highest BCUT2D eigenvalue weighted by Gasteiger charge is 2.14. The summed E-state index contributed by atoms with van der Waals surface area (Å²) >= 11 is 9.38. The van der Waals surface area contributed by atoms with Gasteiger partial charge in [0.1, 0.15) is 10.6 Å². The summed E-state index contributed by atoms with van der Waals surface area (Å²) in [5, 5.41) is 6.77. The van der Waals surface area contributed by atoms with Gasteiger partial charge in [-0.25, -0.2) is 9.97 Å². The summed E-state index contributed by atoms with van der Waals surface area (Å²) in [6.07, 6.45) is 0. The van der Waals surface area contributed by atoms with E-state index < -0.39 is 0 Å². The van der Waals surface area contributed by atoms with Crippen molar-refractivity contribution in [3.05, 3.63) is 38.1 Å². The Labute approximate surface area is 130 Å². The molecule has 1 N–H and O–H groups in total. The van der Waals surface area contributed by atoms with Gasteiger partial charge in [-0.2, -0.15) is 0 Å². The first-order chi connectivity index (χ1) is 9.54. The number of thiophene rings is 2. The molecule has 0 aromatic carbocycles. The van der Waals surface area contributed by atoms with Crippen molar-refractivity contribution < 1.29 is 0 Å². The van der Waals surface area contributed by atoms with Crippen LogP contribution in [0.2, 0.25) is 5.28 Å². The number of nitrogens with one attached hydrogen (secondary N) is 1. The molecule has 0 aliphatic rings. The Morgan fingerprint density at radius 2 is 2.10 bits per heavy atom. The molecule has 0 radical (unpaired) electrons. The zero-order chi connectivity index (χ0) is 14.3. The fraction of sp³-hybridized carbons (Fsp3) is 0.286. The molecular formula is C14H14ClN3S2. The second-order valence-electron chi connectivity index (χ2n) is 4.72. The van der Waals surface area contributed by atoms with E-state index in [0.717, 1.165) is 16.0 Å². The van der Waals surface area contributed by atoms with E-state index in [0.29, 0.717) is 0 Å². The summed E-state index contributed by atoms with van der Waals surface area (Å²) in [7, 11) is 0. The lowest BCUT2D eigenvalue weighted by atomic mass is 10.1. The van der Waals surface area contributed by atoms with Gasteiger partial charge < -0.3 is 5.32 Å². The highest BCUT2D eigenvalue weighted by molar-refractivity contribution is 7.16. The van der Waals surface area contributed by atoms with Crippen molar-refractivity contribution in [1.29, 1.82) is 0 Å². The topological polar surface area (TPSA) is 37.8 Å². The van der Waals surface area contributed by atoms with Gasteiger partial charge in [0.2, 0.25) is 5.28 Å². The predicted octanol–water partition coefficient (Wildman–Crippen LogP) is 5.20. The molecule has 0 bridgehead atoms. The van der Waals surface area contributed by atoms with E-state index in [2.05, 4.69) is 42.1 Å². The maximum atomic E-state index is 5.99. The van der Waals surface area contributed by atoms with Crippen LogP contribution in [0, 0.1) is 13.8 Å². The fourth-order valence-electron chi connectivity index (χ4n) is 2.30. The van der Waals surface area contributed by atoms with Gasteiger partial charge >= 0.3 is 0 Å². The van der Waals surface area contributed by atoms with Crippen molar-refractivity contribution in [2.24, 2.45) is 0 Å². The minimum atomic E-state index is 0.189. The number of anilines is 1. The van der Waals surface area contributed by atoms with E-state index in [1.807, 2.05) is 22.8 Å². The van der Waals surface area contributed by atoms with Crippen LogP contribution in [0.4, 0.5) is 5.82 Å². The van der Waals surface area contributed by atoms with Gasteiger partial charge in [-0.3, -0.25) is 0 Å². The lowest BCUT2D eigenvalue weighted by Crippen LogP contribution is -2.08. The summed E-state index contributed by atoms with van der Waals surface area (Å²) in [5.74, 6) is 0.803. The molecule has 1 unspecified atom stereocenters. The number of hydrogen-bond acceptors (Lipinski definition) is 5. The SMILES string of the molecule is Cc1cc(C(C)Nc2nc(Cl)nc3sccc23)c(C)s1. The molecule has 3 rings (SSSR count). The van der Waals surface area contributed by atoms with E-state index in [1.165, 1.54) is 15.3 Å². The molecule has 0 fully saturated rings. The average Bonchev–Trinajstić information content (AvgIpc) is 2.95. The third-order valence-electron chi connectivity index (χ3n) is 3.20. The first kappa shape index (κ1) is 13.8. The van der Waals surface area contributed by atoms with E-state index in [4.69, 9.17) is 11.6 Å². The van der Waals surface area contributed by atoms with Crippen LogP contribution in [0.25, 0.3) is 10.2 Å². The Bertz CT molecular complexity index is 763. The second kappa shape index (κ2) is 5.31. The number of aromatic nitrogens is 2. The molecule has 3 nitrogen and oxygen atoms in total. The Hall–Kier alpha value is -1.17. The lowest BCUT2D eigenvalue weighted by Gasteiger charge is -2.15. The summed E-state index contributed by atoms with van der Waals surface area (Å²) in [5.41, 5.74) is 1.31. The van der Waals surface area contributed by atoms with E-state index in [9.17, 15) is 0 Å². The first-order valence-electron chi connectivity index (χ1n) is 6.29. The van der Waals surface area contributed by atoms with Crippen molar-refractivity contribution in [2.75, 3.05) is 5.32 Å². The van der Waals surface area contributed by atoms with Crippen molar-refractivity contribution in [1.82, 2.24) is 9.97 Å². The molecule has 1 atom stereocenters. The molecule has 0 spiro atoms. The van der Waals surface area contributed by atoms with Gasteiger partial charge in [-0.1, -0.05) is 0 Å². The molecule has 104 valence electrons. The molecule has 0 aliphatic carbocycles. The van der Waals surface area contributed by atoms with E-state index in [1.54, 1.807) is 11.3 Å². The van der Waals surface area contributed by atoms with Crippen molar-refractivity contribution in [3.63, 3.8) is 0 Å². The van der Waals surface area contributed by atoms with E-state index in [-0.39, 0.29) is 11.3 Å². The largest absolute Gasteiger partial charge is 0.363 e. The number of halogens is 1. The van der Waals surface area contributed by atoms with Gasteiger partial charge in [0.15, 0.2) is 0 Å². The fourth-order valence-corrected chi connectivity index (χ4v) is 4.31. The van der Waals surface area contributed by atoms with Crippen molar-refractivity contribution in [3.8, 4) is 0 Å². The first-order valence-corrected chi connectivity index (χ1v) is 8.36. The molecule has 20 heavy (non-hydrogen) atoms. The van der Waals surface area contributed by atoms with Crippen LogP contribution in [0.1, 0.15) is 28.3 Å². The number of rotatable bonds is 3. The standard InChI is InChI=1S/C14H14ClN3S2/c1-7-6-11(9(3)20-7)8(2)16-12-10-4-5-19-13(10)18-14(15)17-12/h4-6,8H,1-3H3,(H,16,17,18). The molecule has 0 saturated carbocycles. The highest BCUT2D eigenvalue weighted by Crippen LogP contribution is 2.32. The van der Waals surface area contributed by atoms with Gasteiger partial charge in [-0.05, 0) is 55.4 Å². The van der Waals surface area contributed by atoms with Crippen molar-refractivity contribution >= 4 is 50.3 Å². The number of aryl methyl sites for hydroxylation is 2. The summed E-state index contributed by atoms with van der Waals surface area (Å²) in [4.78, 5) is 12.1. The predicted molar refractivity (Wildman–Crippen MR) is 88.3 cm³/mol. The minimum absolute atomic E-state index is 0.189. The number of hydrogen-bond donors (Lipinski definition) is 1. The molecular weight excluding hydrogens is 310 g/mol. The lowest BCUT2D eigenvalue weighted by molar-refractivity contribution is 0.873. The molecule has 3 aromatic rings. The highest BCUT2D eigenvalue weighted by atomic mass is 35.5. The summed E-state index contributed by atoms with van der Waals surface area (Å²) in [6.45, 7) is 6.42. The number of fused-ring (bicyclic) bond motifs is 1. The van der Waals surface area contributed by atoms with Crippen molar-refractivity contribution in [2.45, 2.75) is 26.8 Å². The van der Waals surface area contributed by atoms with Crippen LogP contribution in [-0.2, 0) is 0 Å². The van der Waals surface area contributed by atoms with Crippen LogP contribution in [-0.4, -0.2) is 9.97 Å². The third-order valence-corrected chi connectivity index (χ3v) is 5.15. The maximum Gasteiger partial charge on any atom is 0.225 e. The Kier molecular flexibility index (Phi) is 3.67. The monoisotopic (exact) mass is 323 g/mol. The molecule has 0 aliphatic heterocycles. The van der Waals surface area contributed by atoms with Gasteiger partial charge in [-0.15, -0.1) is 22.7 Å². The number of nitrogens with zero attached hydrogens (tertiary/aromatic N) is 2. The van der Waals surface area contributed by atoms with Crippen LogP contribution < -0.4 is 5.32 Å². The molecule has 0 amide bonds. The maximum absolute atomic E-state index is 5.99. The van der Waals surface area contributed by atoms with Gasteiger partial charge in [0.25, 0.3) is 0 Å². The Morgan fingerprint density at radius 3 is 2.80 bits per heavy atom. The second-order valence-corrected chi connectivity index (χ2v) is 7.41. The molecule has 3 aromatic heterocycles. The Morgan fingerprint density at radius 1 is 1.30 bits per heavy atom. The smallest absolute Gasteiger partial charge is 0.225 e. The zero-order valence-corrected chi connectivity index (χ0v) is 13.8. The van der Waals surface area contributed by atoms with Crippen LogP contribution >= 0.6 is 34.3 Å². The molecule has 3 heterocycles. The van der Waals surface area contributed by atoms with Crippen LogP contribution in [0.15, 0.2) is 17.5 Å². The van der Waals surface area contributed by atoms with Gasteiger partial charge in [0, 0.05) is 9.75 Å². The normalized spacial score (nSPS) is 12.8. The van der Waals surface area contributed by atoms with Gasteiger partial charge in [0.05, 0.1) is 11.4 Å².